The molecule has 7 aromatic carbocycles. The topological polar surface area (TPSA) is 51.6 Å². The van der Waals surface area contributed by atoms with E-state index in [2.05, 4.69) is 182 Å². The summed E-state index contributed by atoms with van der Waals surface area (Å²) in [5.74, 6) is 0. The Morgan fingerprint density at radius 2 is 0.593 bits per heavy atom. The molecule has 4 heteroatoms. The molecule has 11 aromatic rings. The summed E-state index contributed by atoms with van der Waals surface area (Å²) in [6.07, 6.45) is 0. The van der Waals surface area contributed by atoms with Gasteiger partial charge < -0.3 is 0 Å². The summed E-state index contributed by atoms with van der Waals surface area (Å²) in [6.45, 7) is 0. The van der Waals surface area contributed by atoms with Crippen molar-refractivity contribution < 1.29 is 0 Å². The van der Waals surface area contributed by atoms with Gasteiger partial charge in [-0.3, -0.25) is 0 Å². The van der Waals surface area contributed by atoms with Crippen molar-refractivity contribution in [3.8, 4) is 45.2 Å². The van der Waals surface area contributed by atoms with Crippen molar-refractivity contribution in [2.24, 2.45) is 0 Å². The SMILES string of the molecule is c1cc(-c2cc(-c3ccc4cc5ccccc5cc4n3)nc(-c3ccc4cc5ccccc5cc4n3)c2)cc(-c2ccc3cc4ccccc4cc3n2)c1. The molecule has 0 spiro atoms. The van der Waals surface area contributed by atoms with Gasteiger partial charge >= 0.3 is 0 Å². The largest absolute Gasteiger partial charge is 0.248 e. The van der Waals surface area contributed by atoms with E-state index in [1.165, 1.54) is 21.5 Å². The van der Waals surface area contributed by atoms with E-state index in [1.54, 1.807) is 0 Å². The summed E-state index contributed by atoms with van der Waals surface area (Å²) in [6, 6.07) is 64.0. The second kappa shape index (κ2) is 12.1. The first-order chi connectivity index (χ1) is 26.7. The van der Waals surface area contributed by atoms with Gasteiger partial charge in [0.05, 0.1) is 45.0 Å². The Balaban J connectivity index is 1.07. The Morgan fingerprint density at radius 3 is 1.06 bits per heavy atom. The lowest BCUT2D eigenvalue weighted by molar-refractivity contribution is 1.25. The highest BCUT2D eigenvalue weighted by molar-refractivity contribution is 5.99. The number of nitrogens with zero attached hydrogens (tertiary/aromatic N) is 4. The van der Waals surface area contributed by atoms with E-state index < -0.39 is 0 Å². The molecule has 0 saturated carbocycles. The second-order valence-corrected chi connectivity index (χ2v) is 14.0. The molecule has 250 valence electrons. The van der Waals surface area contributed by atoms with Gasteiger partial charge in [0.25, 0.3) is 0 Å². The quantitative estimate of drug-likeness (QED) is 0.173. The zero-order valence-corrected chi connectivity index (χ0v) is 29.1. The maximum absolute atomic E-state index is 5.24. The number of hydrogen-bond donors (Lipinski definition) is 0. The van der Waals surface area contributed by atoms with Gasteiger partial charge in [0.1, 0.15) is 0 Å². The lowest BCUT2D eigenvalue weighted by atomic mass is 9.98. The summed E-state index contributed by atoms with van der Waals surface area (Å²) in [5, 5.41) is 10.5. The molecule has 0 aliphatic carbocycles. The van der Waals surface area contributed by atoms with Crippen molar-refractivity contribution in [2.45, 2.75) is 0 Å². The van der Waals surface area contributed by atoms with E-state index in [1.807, 2.05) is 0 Å². The summed E-state index contributed by atoms with van der Waals surface area (Å²) < 4.78 is 0. The number of pyridine rings is 4. The van der Waals surface area contributed by atoms with Crippen LogP contribution in [0.15, 0.2) is 182 Å². The van der Waals surface area contributed by atoms with Crippen molar-refractivity contribution in [1.82, 2.24) is 19.9 Å². The van der Waals surface area contributed by atoms with Crippen LogP contribution >= 0.6 is 0 Å². The number of benzene rings is 7. The first kappa shape index (κ1) is 30.3. The molecule has 0 atom stereocenters. The molecular formula is C50H30N4. The number of fused-ring (bicyclic) bond motifs is 6. The highest BCUT2D eigenvalue weighted by Crippen LogP contribution is 2.34. The number of rotatable bonds is 4. The molecular weight excluding hydrogens is 657 g/mol. The minimum Gasteiger partial charge on any atom is -0.248 e. The molecule has 0 saturated heterocycles. The smallest absolute Gasteiger partial charge is 0.0900 e. The molecule has 0 aliphatic rings. The van der Waals surface area contributed by atoms with Gasteiger partial charge in [0.15, 0.2) is 0 Å². The van der Waals surface area contributed by atoms with Gasteiger partial charge in [-0.2, -0.15) is 0 Å². The lowest BCUT2D eigenvalue weighted by Crippen LogP contribution is -1.95. The number of hydrogen-bond acceptors (Lipinski definition) is 4. The third-order valence-electron chi connectivity index (χ3n) is 10.5. The maximum atomic E-state index is 5.24. The number of aromatic nitrogens is 4. The van der Waals surface area contributed by atoms with E-state index in [-0.39, 0.29) is 0 Å². The van der Waals surface area contributed by atoms with Crippen LogP contribution in [-0.4, -0.2) is 19.9 Å². The zero-order valence-electron chi connectivity index (χ0n) is 29.1. The molecule has 0 aliphatic heterocycles. The lowest BCUT2D eigenvalue weighted by Gasteiger charge is -2.12. The van der Waals surface area contributed by atoms with E-state index in [4.69, 9.17) is 19.9 Å². The van der Waals surface area contributed by atoms with E-state index >= 15 is 0 Å². The minimum absolute atomic E-state index is 0.791. The zero-order chi connectivity index (χ0) is 35.6. The Morgan fingerprint density at radius 1 is 0.204 bits per heavy atom. The highest BCUT2D eigenvalue weighted by Gasteiger charge is 2.14. The molecule has 4 aromatic heterocycles. The van der Waals surface area contributed by atoms with Crippen LogP contribution < -0.4 is 0 Å². The average Bonchev–Trinajstić information content (AvgIpc) is 3.23. The fourth-order valence-corrected chi connectivity index (χ4v) is 7.70. The van der Waals surface area contributed by atoms with Crippen LogP contribution in [-0.2, 0) is 0 Å². The Labute approximate surface area is 311 Å². The monoisotopic (exact) mass is 686 g/mol. The van der Waals surface area contributed by atoms with Crippen LogP contribution in [0.4, 0.5) is 0 Å². The Kier molecular flexibility index (Phi) is 6.82. The van der Waals surface area contributed by atoms with Crippen molar-refractivity contribution in [3.63, 3.8) is 0 Å². The first-order valence-electron chi connectivity index (χ1n) is 18.2. The summed E-state index contributed by atoms with van der Waals surface area (Å²) in [4.78, 5) is 20.7. The van der Waals surface area contributed by atoms with Crippen LogP contribution in [0, 0.1) is 0 Å². The predicted molar refractivity (Wildman–Crippen MR) is 224 cm³/mol. The molecule has 0 fully saturated rings. The Bertz CT molecular complexity index is 3160. The third kappa shape index (κ3) is 5.32. The van der Waals surface area contributed by atoms with Gasteiger partial charge in [-0.05, 0) is 116 Å². The van der Waals surface area contributed by atoms with Gasteiger partial charge in [-0.15, -0.1) is 0 Å². The normalized spacial score (nSPS) is 11.7. The van der Waals surface area contributed by atoms with Crippen molar-refractivity contribution >= 4 is 65.0 Å². The molecule has 4 nitrogen and oxygen atoms in total. The van der Waals surface area contributed by atoms with Gasteiger partial charge in [0.2, 0.25) is 0 Å². The van der Waals surface area contributed by atoms with E-state index in [9.17, 15) is 0 Å². The predicted octanol–water partition coefficient (Wildman–Crippen LogP) is 12.9. The van der Waals surface area contributed by atoms with Gasteiger partial charge in [0, 0.05) is 21.7 Å². The van der Waals surface area contributed by atoms with Crippen molar-refractivity contribution in [1.29, 1.82) is 0 Å². The van der Waals surface area contributed by atoms with Crippen molar-refractivity contribution in [2.75, 3.05) is 0 Å². The van der Waals surface area contributed by atoms with E-state index in [0.29, 0.717) is 0 Å². The second-order valence-electron chi connectivity index (χ2n) is 14.0. The summed E-state index contributed by atoms with van der Waals surface area (Å²) in [5.41, 5.74) is 10.1. The molecule has 11 rings (SSSR count). The van der Waals surface area contributed by atoms with Gasteiger partial charge in [-0.25, -0.2) is 19.9 Å². The summed E-state index contributed by atoms with van der Waals surface area (Å²) in [7, 11) is 0. The van der Waals surface area contributed by atoms with Crippen LogP contribution in [0.5, 0.6) is 0 Å². The standard InChI is InChI=1S/C50H30N4/c1-4-11-35-26-46-39(22-31(35)8-1)16-19-43(51-46)38-15-7-14-34(25-38)42-29-49(44-20-17-40-23-32-9-2-5-12-36(32)27-47(40)52-44)54-50(30-42)45-21-18-41-24-33-10-3-6-13-37(33)28-48(41)53-45/h1-30H. The summed E-state index contributed by atoms with van der Waals surface area (Å²) >= 11 is 0. The molecule has 54 heavy (non-hydrogen) atoms. The molecule has 0 radical (unpaired) electrons. The molecule has 0 amide bonds. The van der Waals surface area contributed by atoms with Crippen LogP contribution in [0.3, 0.4) is 0 Å². The first-order valence-corrected chi connectivity index (χ1v) is 18.2. The molecule has 0 N–H and O–H groups in total. The fourth-order valence-electron chi connectivity index (χ4n) is 7.70. The Hall–Kier alpha value is -7.30. The van der Waals surface area contributed by atoms with Gasteiger partial charge in [-0.1, -0.05) is 109 Å². The minimum atomic E-state index is 0.791. The van der Waals surface area contributed by atoms with Crippen molar-refractivity contribution in [3.05, 3.63) is 182 Å². The van der Waals surface area contributed by atoms with Crippen LogP contribution in [0.2, 0.25) is 0 Å². The van der Waals surface area contributed by atoms with Crippen LogP contribution in [0.25, 0.3) is 110 Å². The molecule has 0 bridgehead atoms. The third-order valence-corrected chi connectivity index (χ3v) is 10.5. The molecule has 0 unspecified atom stereocenters. The highest BCUT2D eigenvalue weighted by atomic mass is 14.8. The molecule has 4 heterocycles. The van der Waals surface area contributed by atoms with E-state index in [0.717, 1.165) is 88.6 Å². The average molecular weight is 687 g/mol. The fraction of sp³-hybridized carbons (Fsp3) is 0. The van der Waals surface area contributed by atoms with Crippen LogP contribution in [0.1, 0.15) is 0 Å². The maximum Gasteiger partial charge on any atom is 0.0900 e.